The minimum Gasteiger partial charge on any atom is -0.328 e. The van der Waals surface area contributed by atoms with Gasteiger partial charge in [0.15, 0.2) is 0 Å². The minimum absolute atomic E-state index is 0. The van der Waals surface area contributed by atoms with Crippen LogP contribution < -0.4 is 0 Å². The first kappa shape index (κ1) is 15.0. The van der Waals surface area contributed by atoms with Gasteiger partial charge in [0.05, 0.1) is 0 Å². The summed E-state index contributed by atoms with van der Waals surface area (Å²) in [4.78, 5) is 0. The molecule has 0 unspecified atom stereocenters. The van der Waals surface area contributed by atoms with Crippen molar-refractivity contribution in [2.75, 3.05) is 0 Å². The largest absolute Gasteiger partial charge is 0.328 e. The van der Waals surface area contributed by atoms with Gasteiger partial charge >= 0.3 is 0 Å². The molecule has 0 saturated heterocycles. The van der Waals surface area contributed by atoms with E-state index in [1.807, 2.05) is 0 Å². The monoisotopic (exact) mass is 210 g/mol. The van der Waals surface area contributed by atoms with Crippen molar-refractivity contribution in [1.29, 1.82) is 0 Å². The summed E-state index contributed by atoms with van der Waals surface area (Å²) in [6.07, 6.45) is 13.5. The first-order valence-electron chi connectivity index (χ1n) is 5.23. The average molecular weight is 210 g/mol. The van der Waals surface area contributed by atoms with Crippen LogP contribution in [0.1, 0.15) is 65.2 Å². The van der Waals surface area contributed by atoms with E-state index < -0.39 is 0 Å². The van der Waals surface area contributed by atoms with Crippen LogP contribution >= 0.6 is 0 Å². The van der Waals surface area contributed by atoms with Gasteiger partial charge in [-0.2, -0.15) is 12.8 Å². The van der Waals surface area contributed by atoms with Crippen molar-refractivity contribution in [3.63, 3.8) is 0 Å². The molecule has 0 saturated carbocycles. The van der Waals surface area contributed by atoms with Crippen molar-refractivity contribution in [2.45, 2.75) is 65.2 Å². The van der Waals surface area contributed by atoms with Crippen molar-refractivity contribution in [1.82, 2.24) is 0 Å². The van der Waals surface area contributed by atoms with Gasteiger partial charge in [0, 0.05) is 17.1 Å². The first-order valence-corrected chi connectivity index (χ1v) is 5.23. The van der Waals surface area contributed by atoms with E-state index in [9.17, 15) is 0 Å². The number of rotatable bonds is 8. The standard InChI is InChI=1S/C11H23.Mn/c1-3-5-7-9-11-10-8-6-4-2;/h11H,3-10H2,1-2H3;/q-1;. The minimum atomic E-state index is 0. The molecule has 1 heteroatoms. The van der Waals surface area contributed by atoms with E-state index >= 15 is 0 Å². The quantitative estimate of drug-likeness (QED) is 0.317. The topological polar surface area (TPSA) is 0 Å². The molecule has 0 aliphatic rings. The van der Waals surface area contributed by atoms with Gasteiger partial charge in [-0.3, -0.25) is 0 Å². The third-order valence-electron chi connectivity index (χ3n) is 2.02. The smallest absolute Gasteiger partial charge is 0 e. The van der Waals surface area contributed by atoms with Gasteiger partial charge in [-0.05, 0) is 0 Å². The number of hydrogen-bond acceptors (Lipinski definition) is 0. The van der Waals surface area contributed by atoms with Crippen LogP contribution in [0.15, 0.2) is 0 Å². The molecule has 0 aliphatic carbocycles. The molecular formula is C11H23Mn-. The Bertz CT molecular complexity index is 54.0. The van der Waals surface area contributed by atoms with Crippen LogP contribution in [0.4, 0.5) is 0 Å². The van der Waals surface area contributed by atoms with Crippen LogP contribution in [0, 0.1) is 6.42 Å². The molecule has 0 atom stereocenters. The molecule has 75 valence electrons. The van der Waals surface area contributed by atoms with Crippen molar-refractivity contribution in [3.05, 3.63) is 6.42 Å². The van der Waals surface area contributed by atoms with E-state index in [2.05, 4.69) is 20.3 Å². The number of unbranched alkanes of at least 4 members (excludes halogenated alkanes) is 8. The van der Waals surface area contributed by atoms with Crippen LogP contribution in [0.25, 0.3) is 0 Å². The second kappa shape index (κ2) is 14.1. The van der Waals surface area contributed by atoms with Crippen LogP contribution in [0.2, 0.25) is 0 Å². The fourth-order valence-electron chi connectivity index (χ4n) is 1.22. The Morgan fingerprint density at radius 2 is 1.17 bits per heavy atom. The van der Waals surface area contributed by atoms with E-state index in [1.54, 1.807) is 0 Å². The summed E-state index contributed by atoms with van der Waals surface area (Å²) in [6.45, 7) is 4.52. The van der Waals surface area contributed by atoms with E-state index in [1.165, 1.54) is 51.4 Å². The normalized spacial score (nSPS) is 9.50. The van der Waals surface area contributed by atoms with Crippen LogP contribution in [-0.4, -0.2) is 0 Å². The molecule has 0 aromatic rings. The van der Waals surface area contributed by atoms with E-state index in [4.69, 9.17) is 0 Å². The van der Waals surface area contributed by atoms with Gasteiger partial charge in [-0.1, -0.05) is 52.4 Å². The molecule has 12 heavy (non-hydrogen) atoms. The SMILES string of the molecule is CCCCC[CH-]CCCCC.[Mn]. The van der Waals surface area contributed by atoms with Gasteiger partial charge in [0.2, 0.25) is 0 Å². The Balaban J connectivity index is 0. The summed E-state index contributed by atoms with van der Waals surface area (Å²) in [6, 6.07) is 0. The first-order chi connectivity index (χ1) is 5.41. The van der Waals surface area contributed by atoms with E-state index in [0.717, 1.165) is 0 Å². The molecule has 0 N–H and O–H groups in total. The Kier molecular flexibility index (Phi) is 17.6. The van der Waals surface area contributed by atoms with Crippen molar-refractivity contribution in [3.8, 4) is 0 Å². The molecule has 0 aromatic heterocycles. The second-order valence-electron chi connectivity index (χ2n) is 3.28. The summed E-state index contributed by atoms with van der Waals surface area (Å²) in [7, 11) is 0. The van der Waals surface area contributed by atoms with Gasteiger partial charge < -0.3 is 6.42 Å². The zero-order valence-corrected chi connectivity index (χ0v) is 9.79. The second-order valence-corrected chi connectivity index (χ2v) is 3.28. The average Bonchev–Trinajstić information content (AvgIpc) is 2.03. The third-order valence-corrected chi connectivity index (χ3v) is 2.02. The summed E-state index contributed by atoms with van der Waals surface area (Å²) < 4.78 is 0. The van der Waals surface area contributed by atoms with Gasteiger partial charge in [-0.25, -0.2) is 0 Å². The third kappa shape index (κ3) is 13.1. The number of hydrogen-bond donors (Lipinski definition) is 0. The summed E-state index contributed by atoms with van der Waals surface area (Å²) in [5.74, 6) is 0. The zero-order valence-electron chi connectivity index (χ0n) is 8.61. The molecular weight excluding hydrogens is 187 g/mol. The molecule has 0 spiro atoms. The van der Waals surface area contributed by atoms with Crippen LogP contribution in [0.3, 0.4) is 0 Å². The molecule has 0 heterocycles. The molecule has 0 nitrogen and oxygen atoms in total. The maximum Gasteiger partial charge on any atom is 0 e. The molecule has 0 bridgehead atoms. The summed E-state index contributed by atoms with van der Waals surface area (Å²) in [5.41, 5.74) is 0. The predicted molar refractivity (Wildman–Crippen MR) is 52.6 cm³/mol. The van der Waals surface area contributed by atoms with Crippen molar-refractivity contribution >= 4 is 0 Å². The fourth-order valence-corrected chi connectivity index (χ4v) is 1.22. The van der Waals surface area contributed by atoms with Gasteiger partial charge in [-0.15, -0.1) is 0 Å². The maximum atomic E-state index is 2.46. The fraction of sp³-hybridized carbons (Fsp3) is 0.909. The van der Waals surface area contributed by atoms with Crippen LogP contribution in [-0.2, 0) is 17.1 Å². The van der Waals surface area contributed by atoms with E-state index in [-0.39, 0.29) is 17.1 Å². The molecule has 0 amide bonds. The Morgan fingerprint density at radius 1 is 0.750 bits per heavy atom. The molecule has 1 radical (unpaired) electrons. The zero-order chi connectivity index (χ0) is 8.36. The Labute approximate surface area is 89.0 Å². The van der Waals surface area contributed by atoms with Gasteiger partial charge in [0.25, 0.3) is 0 Å². The maximum absolute atomic E-state index is 2.46. The van der Waals surface area contributed by atoms with Crippen molar-refractivity contribution < 1.29 is 17.1 Å². The van der Waals surface area contributed by atoms with Crippen molar-refractivity contribution in [2.24, 2.45) is 0 Å². The molecule has 0 aromatic carbocycles. The molecule has 0 fully saturated rings. The Morgan fingerprint density at radius 3 is 1.50 bits per heavy atom. The Hall–Kier alpha value is 0.519. The molecule has 0 aliphatic heterocycles. The molecule has 0 rings (SSSR count). The predicted octanol–water partition coefficient (Wildman–Crippen LogP) is 4.35. The summed E-state index contributed by atoms with van der Waals surface area (Å²) in [5, 5.41) is 0. The van der Waals surface area contributed by atoms with Gasteiger partial charge in [0.1, 0.15) is 0 Å². The van der Waals surface area contributed by atoms with E-state index in [0.29, 0.717) is 0 Å². The van der Waals surface area contributed by atoms with Crippen LogP contribution in [0.5, 0.6) is 0 Å². The summed E-state index contributed by atoms with van der Waals surface area (Å²) >= 11 is 0.